The Labute approximate surface area is 174 Å². The maximum atomic E-state index is 11.9. The number of carbonyl (C=O) groups is 2. The Morgan fingerprint density at radius 3 is 2.86 bits per heavy atom. The summed E-state index contributed by atoms with van der Waals surface area (Å²) < 4.78 is 1.70. The van der Waals surface area contributed by atoms with Crippen LogP contribution in [0.25, 0.3) is 11.7 Å². The number of aromatic nitrogens is 3. The number of hydrogen-bond acceptors (Lipinski definition) is 7. The molecule has 3 aromatic rings. The lowest BCUT2D eigenvalue weighted by atomic mass is 10.3. The minimum atomic E-state index is -0.413. The Kier molecular flexibility index (Phi) is 4.40. The maximum Gasteiger partial charge on any atom is 0.290 e. The van der Waals surface area contributed by atoms with E-state index in [1.807, 2.05) is 24.3 Å². The molecule has 2 amide bonds. The van der Waals surface area contributed by atoms with Crippen molar-refractivity contribution in [3.05, 3.63) is 52.0 Å². The molecular formula is C19H15ClN6O2S. The lowest BCUT2D eigenvalue weighted by Gasteiger charge is -2.11. The number of benzene rings is 1. The third kappa shape index (κ3) is 3.79. The van der Waals surface area contributed by atoms with Crippen molar-refractivity contribution < 1.29 is 9.59 Å². The number of thioether (sulfide) groups is 1. The number of amides is 2. The van der Waals surface area contributed by atoms with Gasteiger partial charge >= 0.3 is 0 Å². The first-order valence-electron chi connectivity index (χ1n) is 8.98. The van der Waals surface area contributed by atoms with E-state index in [4.69, 9.17) is 11.6 Å². The summed E-state index contributed by atoms with van der Waals surface area (Å²) in [6, 6.07) is 9.67. The highest BCUT2D eigenvalue weighted by Gasteiger charge is 2.26. The molecule has 1 saturated carbocycles. The van der Waals surface area contributed by atoms with E-state index in [1.54, 1.807) is 22.9 Å². The zero-order valence-corrected chi connectivity index (χ0v) is 16.5. The van der Waals surface area contributed by atoms with E-state index >= 15 is 0 Å². The van der Waals surface area contributed by atoms with Gasteiger partial charge in [0.25, 0.3) is 11.1 Å². The second kappa shape index (κ2) is 7.09. The summed E-state index contributed by atoms with van der Waals surface area (Å²) >= 11 is 6.95. The van der Waals surface area contributed by atoms with Crippen molar-refractivity contribution in [2.75, 3.05) is 10.6 Å². The highest BCUT2D eigenvalue weighted by atomic mass is 35.5. The lowest BCUT2D eigenvalue weighted by Crippen LogP contribution is -2.17. The predicted octanol–water partition coefficient (Wildman–Crippen LogP) is 4.02. The van der Waals surface area contributed by atoms with Gasteiger partial charge in [0.15, 0.2) is 5.65 Å². The molecule has 2 fully saturated rings. The molecule has 2 aromatic heterocycles. The summed E-state index contributed by atoms with van der Waals surface area (Å²) in [6.45, 7) is 0. The smallest absolute Gasteiger partial charge is 0.290 e. The lowest BCUT2D eigenvalue weighted by molar-refractivity contribution is -0.115. The summed E-state index contributed by atoms with van der Waals surface area (Å²) in [7, 11) is 0. The number of nitrogens with one attached hydrogen (secondary N) is 3. The molecule has 5 rings (SSSR count). The minimum absolute atomic E-state index is 0.316. The van der Waals surface area contributed by atoms with Crippen LogP contribution in [0.2, 0.25) is 5.02 Å². The van der Waals surface area contributed by atoms with Crippen LogP contribution in [0.4, 0.5) is 22.1 Å². The Morgan fingerprint density at radius 2 is 2.14 bits per heavy atom. The zero-order chi connectivity index (χ0) is 20.0. The van der Waals surface area contributed by atoms with E-state index in [0.717, 1.165) is 36.1 Å². The van der Waals surface area contributed by atoms with Crippen molar-refractivity contribution in [2.24, 2.45) is 0 Å². The van der Waals surface area contributed by atoms with Gasteiger partial charge in [-0.05, 0) is 48.9 Å². The van der Waals surface area contributed by atoms with Gasteiger partial charge in [-0.15, -0.1) is 0 Å². The van der Waals surface area contributed by atoms with Gasteiger partial charge in [-0.2, -0.15) is 9.61 Å². The van der Waals surface area contributed by atoms with Crippen LogP contribution >= 0.6 is 23.4 Å². The average Bonchev–Trinajstić information content (AvgIpc) is 3.31. The quantitative estimate of drug-likeness (QED) is 0.529. The molecule has 0 atom stereocenters. The van der Waals surface area contributed by atoms with E-state index in [9.17, 15) is 9.59 Å². The highest BCUT2D eigenvalue weighted by molar-refractivity contribution is 8.18. The van der Waals surface area contributed by atoms with Gasteiger partial charge in [0.1, 0.15) is 11.6 Å². The summed E-state index contributed by atoms with van der Waals surface area (Å²) in [5.74, 6) is 0.998. The van der Waals surface area contributed by atoms with Crippen LogP contribution < -0.4 is 16.0 Å². The molecule has 1 aromatic carbocycles. The molecule has 10 heteroatoms. The molecular weight excluding hydrogens is 412 g/mol. The number of halogens is 1. The molecule has 8 nitrogen and oxygen atoms in total. The fourth-order valence-electron chi connectivity index (χ4n) is 2.96. The molecule has 146 valence electrons. The number of carbonyl (C=O) groups excluding carboxylic acids is 2. The second-order valence-corrected chi connectivity index (χ2v) is 8.22. The van der Waals surface area contributed by atoms with Crippen molar-refractivity contribution in [1.29, 1.82) is 0 Å². The Hall–Kier alpha value is -3.04. The van der Waals surface area contributed by atoms with Gasteiger partial charge in [-0.25, -0.2) is 4.98 Å². The van der Waals surface area contributed by atoms with Crippen LogP contribution in [0, 0.1) is 0 Å². The minimum Gasteiger partial charge on any atom is -0.367 e. The van der Waals surface area contributed by atoms with Crippen molar-refractivity contribution in [3.63, 3.8) is 0 Å². The summed E-state index contributed by atoms with van der Waals surface area (Å²) in [5.41, 5.74) is 2.02. The summed E-state index contributed by atoms with van der Waals surface area (Å²) in [4.78, 5) is 28.3. The molecule has 1 aliphatic carbocycles. The van der Waals surface area contributed by atoms with Gasteiger partial charge in [0.2, 0.25) is 0 Å². The van der Waals surface area contributed by atoms with Gasteiger partial charge < -0.3 is 10.6 Å². The third-order valence-electron chi connectivity index (χ3n) is 4.45. The molecule has 0 spiro atoms. The highest BCUT2D eigenvalue weighted by Crippen LogP contribution is 2.30. The van der Waals surface area contributed by atoms with Crippen LogP contribution in [0.1, 0.15) is 18.4 Å². The van der Waals surface area contributed by atoms with Gasteiger partial charge in [0.05, 0.1) is 11.1 Å². The number of hydrogen-bond donors (Lipinski definition) is 3. The molecule has 0 unspecified atom stereocenters. The molecule has 0 bridgehead atoms. The fraction of sp³-hybridized carbons (Fsp3) is 0.158. The van der Waals surface area contributed by atoms with Crippen molar-refractivity contribution >= 4 is 63.6 Å². The molecule has 3 heterocycles. The van der Waals surface area contributed by atoms with Crippen LogP contribution in [-0.4, -0.2) is 31.8 Å². The fourth-order valence-corrected chi connectivity index (χ4v) is 3.83. The summed E-state index contributed by atoms with van der Waals surface area (Å²) in [5, 5.41) is 13.6. The molecule has 1 saturated heterocycles. The topological polar surface area (TPSA) is 100 Å². The molecule has 1 aliphatic heterocycles. The molecule has 2 aliphatic rings. The summed E-state index contributed by atoms with van der Waals surface area (Å²) in [6.07, 6.45) is 5.48. The second-order valence-electron chi connectivity index (χ2n) is 6.77. The zero-order valence-electron chi connectivity index (χ0n) is 15.0. The first kappa shape index (κ1) is 18.0. The van der Waals surface area contributed by atoms with E-state index in [0.29, 0.717) is 33.0 Å². The van der Waals surface area contributed by atoms with Gasteiger partial charge in [-0.1, -0.05) is 17.7 Å². The molecule has 0 radical (unpaired) electrons. The van der Waals surface area contributed by atoms with Crippen LogP contribution in [0.3, 0.4) is 0 Å². The Balaban J connectivity index is 1.57. The van der Waals surface area contributed by atoms with E-state index < -0.39 is 5.91 Å². The van der Waals surface area contributed by atoms with Crippen molar-refractivity contribution in [2.45, 2.75) is 18.9 Å². The van der Waals surface area contributed by atoms with E-state index in [2.05, 4.69) is 26.0 Å². The first-order valence-corrected chi connectivity index (χ1v) is 10.2. The largest absolute Gasteiger partial charge is 0.367 e. The van der Waals surface area contributed by atoms with E-state index in [-0.39, 0.29) is 5.24 Å². The number of nitrogens with zero attached hydrogens (tertiary/aromatic N) is 3. The molecule has 3 N–H and O–H groups in total. The van der Waals surface area contributed by atoms with Gasteiger partial charge in [-0.3, -0.25) is 14.9 Å². The van der Waals surface area contributed by atoms with Crippen LogP contribution in [0.5, 0.6) is 0 Å². The number of rotatable bonds is 5. The molecule has 29 heavy (non-hydrogen) atoms. The normalized spacial score (nSPS) is 17.8. The SMILES string of the molecule is O=C1NC(=O)/C(=C\c2cnn3c(NC4CC4)cc(Nc4cccc(Cl)c4)nc23)S1. The predicted molar refractivity (Wildman–Crippen MR) is 113 cm³/mol. The maximum absolute atomic E-state index is 11.9. The van der Waals surface area contributed by atoms with Crippen molar-refractivity contribution in [1.82, 2.24) is 19.9 Å². The Morgan fingerprint density at radius 1 is 1.28 bits per heavy atom. The van der Waals surface area contributed by atoms with Gasteiger partial charge in [0, 0.05) is 28.4 Å². The third-order valence-corrected chi connectivity index (χ3v) is 5.50. The number of fused-ring (bicyclic) bond motifs is 1. The monoisotopic (exact) mass is 426 g/mol. The van der Waals surface area contributed by atoms with Crippen molar-refractivity contribution in [3.8, 4) is 0 Å². The van der Waals surface area contributed by atoms with Crippen LogP contribution in [0.15, 0.2) is 41.4 Å². The average molecular weight is 427 g/mol. The first-order chi connectivity index (χ1) is 14.0. The number of anilines is 3. The number of imide groups is 1. The standard InChI is InChI=1S/C19H15ClN6O2S/c20-11-2-1-3-13(7-11)22-15-8-16(23-12-4-5-12)26-17(24-15)10(9-21-26)6-14-18(27)25-19(28)29-14/h1-3,6-9,12,23H,4-5H2,(H,22,24)(H,25,27,28)/b14-6+. The van der Waals surface area contributed by atoms with E-state index in [1.165, 1.54) is 0 Å². The Bertz CT molecular complexity index is 1190. The van der Waals surface area contributed by atoms with Crippen LogP contribution in [-0.2, 0) is 4.79 Å².